The molecular formula is C22H25F3N4O3S. The highest BCUT2D eigenvalue weighted by Crippen LogP contribution is 2.38. The molecule has 7 nitrogen and oxygen atoms in total. The van der Waals surface area contributed by atoms with Gasteiger partial charge in [0.1, 0.15) is 12.0 Å². The topological polar surface area (TPSA) is 139 Å². The maximum atomic E-state index is 13.9. The Morgan fingerprint density at radius 3 is 1.94 bits per heavy atom. The molecule has 0 aromatic heterocycles. The normalized spacial score (nSPS) is 14.9. The van der Waals surface area contributed by atoms with Gasteiger partial charge < -0.3 is 11.1 Å². The highest BCUT2D eigenvalue weighted by atomic mass is 32.2. The van der Waals surface area contributed by atoms with Gasteiger partial charge >= 0.3 is 6.18 Å². The van der Waals surface area contributed by atoms with Gasteiger partial charge in [-0.05, 0) is 41.2 Å². The molecule has 178 valence electrons. The van der Waals surface area contributed by atoms with E-state index in [0.717, 1.165) is 0 Å². The fourth-order valence-corrected chi connectivity index (χ4v) is 3.87. The molecule has 5 N–H and O–H groups in total. The van der Waals surface area contributed by atoms with E-state index in [0.29, 0.717) is 11.1 Å². The summed E-state index contributed by atoms with van der Waals surface area (Å²) in [4.78, 5) is 12.1. The molecule has 0 radical (unpaired) electrons. The van der Waals surface area contributed by atoms with Crippen LogP contribution in [0.1, 0.15) is 31.7 Å². The van der Waals surface area contributed by atoms with Gasteiger partial charge in [-0.3, -0.25) is 4.79 Å². The molecule has 11 heteroatoms. The second-order valence-electron chi connectivity index (χ2n) is 8.06. The van der Waals surface area contributed by atoms with Crippen molar-refractivity contribution in [3.05, 3.63) is 54.1 Å². The lowest BCUT2D eigenvalue weighted by Crippen LogP contribution is -2.49. The van der Waals surface area contributed by atoms with Crippen molar-refractivity contribution in [2.24, 2.45) is 16.8 Å². The van der Waals surface area contributed by atoms with Gasteiger partial charge in [0.2, 0.25) is 15.9 Å². The first-order chi connectivity index (χ1) is 15.2. The lowest BCUT2D eigenvalue weighted by Gasteiger charge is -2.27. The zero-order valence-corrected chi connectivity index (χ0v) is 18.8. The van der Waals surface area contributed by atoms with Crippen molar-refractivity contribution in [3.8, 4) is 17.2 Å². The van der Waals surface area contributed by atoms with Gasteiger partial charge in [-0.2, -0.15) is 18.4 Å². The SMILES string of the molecule is CC(C)C[C@H](N)C(=O)NC(C#N)[C@H](c1ccc(-c2ccc(S(N)(=O)=O)cc2)cc1)C(F)(F)F. The van der Waals surface area contributed by atoms with Crippen LogP contribution >= 0.6 is 0 Å². The summed E-state index contributed by atoms with van der Waals surface area (Å²) in [5.74, 6) is -3.04. The van der Waals surface area contributed by atoms with E-state index in [9.17, 15) is 31.6 Å². The predicted octanol–water partition coefficient (Wildman–Crippen LogP) is 3.03. The number of carbonyl (C=O) groups is 1. The van der Waals surface area contributed by atoms with E-state index in [1.54, 1.807) is 0 Å². The monoisotopic (exact) mass is 482 g/mol. The minimum Gasteiger partial charge on any atom is -0.338 e. The molecule has 2 aromatic carbocycles. The quantitative estimate of drug-likeness (QED) is 0.531. The van der Waals surface area contributed by atoms with Crippen LogP contribution in [0.15, 0.2) is 53.4 Å². The minimum absolute atomic E-state index is 0.0521. The van der Waals surface area contributed by atoms with E-state index < -0.39 is 40.1 Å². The number of carbonyl (C=O) groups excluding carboxylic acids is 1. The Hall–Kier alpha value is -2.94. The Bertz CT molecular complexity index is 1110. The van der Waals surface area contributed by atoms with Crippen molar-refractivity contribution in [1.29, 1.82) is 5.26 Å². The zero-order valence-electron chi connectivity index (χ0n) is 18.0. The van der Waals surface area contributed by atoms with E-state index in [1.807, 2.05) is 13.8 Å². The fraction of sp³-hybridized carbons (Fsp3) is 0.364. The molecule has 33 heavy (non-hydrogen) atoms. The molecule has 1 unspecified atom stereocenters. The Kier molecular flexibility index (Phi) is 8.24. The van der Waals surface area contributed by atoms with Crippen molar-refractivity contribution >= 4 is 15.9 Å². The summed E-state index contributed by atoms with van der Waals surface area (Å²) < 4.78 is 64.4. The van der Waals surface area contributed by atoms with Crippen molar-refractivity contribution < 1.29 is 26.4 Å². The van der Waals surface area contributed by atoms with Crippen LogP contribution in [0.3, 0.4) is 0 Å². The van der Waals surface area contributed by atoms with Gasteiger partial charge in [-0.25, -0.2) is 13.6 Å². The number of hydrogen-bond acceptors (Lipinski definition) is 5. The largest absolute Gasteiger partial charge is 0.398 e. The second-order valence-corrected chi connectivity index (χ2v) is 9.62. The van der Waals surface area contributed by atoms with Crippen LogP contribution in [0.5, 0.6) is 0 Å². The van der Waals surface area contributed by atoms with Crippen molar-refractivity contribution in [2.45, 2.75) is 49.3 Å². The molecule has 2 aromatic rings. The van der Waals surface area contributed by atoms with Gasteiger partial charge in [0.05, 0.1) is 17.0 Å². The number of nitrogens with one attached hydrogen (secondary N) is 1. The van der Waals surface area contributed by atoms with E-state index in [4.69, 9.17) is 10.9 Å². The molecule has 3 atom stereocenters. The molecule has 2 rings (SSSR count). The molecule has 0 spiro atoms. The molecule has 0 aliphatic heterocycles. The Morgan fingerprint density at radius 2 is 1.55 bits per heavy atom. The molecule has 1 amide bonds. The number of amides is 1. The number of nitrogens with two attached hydrogens (primary N) is 2. The maximum Gasteiger partial charge on any atom is 0.398 e. The third-order valence-corrected chi connectivity index (χ3v) is 5.90. The summed E-state index contributed by atoms with van der Waals surface area (Å²) in [6.07, 6.45) is -4.55. The van der Waals surface area contributed by atoms with E-state index in [-0.39, 0.29) is 22.8 Å². The standard InChI is InChI=1S/C22H25F3N4O3S/c1-13(2)11-18(27)21(30)29-19(12-26)20(22(23,24)25)16-5-3-14(4-6-16)15-7-9-17(10-8-15)33(28,31)32/h3-10,13,18-20H,11,27H2,1-2H3,(H,29,30)(H2,28,31,32)/t18-,19?,20-/m0/s1. The summed E-state index contributed by atoms with van der Waals surface area (Å²) in [6.45, 7) is 3.63. The molecule has 0 saturated heterocycles. The van der Waals surface area contributed by atoms with E-state index in [2.05, 4.69) is 5.32 Å². The number of primary sulfonamides is 1. The number of nitriles is 1. The zero-order chi connectivity index (χ0) is 25.0. The third kappa shape index (κ3) is 7.02. The number of nitrogens with zero attached hydrogens (tertiary/aromatic N) is 1. The number of rotatable bonds is 8. The van der Waals surface area contributed by atoms with Gasteiger partial charge in [-0.15, -0.1) is 0 Å². The lowest BCUT2D eigenvalue weighted by molar-refractivity contribution is -0.155. The molecule has 0 saturated carbocycles. The molecular weight excluding hydrogens is 457 g/mol. The van der Waals surface area contributed by atoms with Crippen molar-refractivity contribution in [1.82, 2.24) is 5.32 Å². The number of alkyl halides is 3. The minimum atomic E-state index is -4.81. The van der Waals surface area contributed by atoms with Crippen LogP contribution in [0.25, 0.3) is 11.1 Å². The van der Waals surface area contributed by atoms with Gasteiger partial charge in [0, 0.05) is 0 Å². The van der Waals surface area contributed by atoms with Crippen LogP contribution in [0, 0.1) is 17.2 Å². The number of hydrogen-bond donors (Lipinski definition) is 3. The van der Waals surface area contributed by atoms with Gasteiger partial charge in [0.15, 0.2) is 0 Å². The van der Waals surface area contributed by atoms with Crippen LogP contribution in [0.4, 0.5) is 13.2 Å². The van der Waals surface area contributed by atoms with Crippen LogP contribution in [-0.4, -0.2) is 32.6 Å². The first kappa shape index (κ1) is 26.3. The van der Waals surface area contributed by atoms with Crippen molar-refractivity contribution in [2.75, 3.05) is 0 Å². The second kappa shape index (κ2) is 10.3. The number of halogens is 3. The van der Waals surface area contributed by atoms with E-state index >= 15 is 0 Å². The first-order valence-electron chi connectivity index (χ1n) is 9.99. The fourth-order valence-electron chi connectivity index (χ4n) is 3.36. The first-order valence-corrected chi connectivity index (χ1v) is 11.5. The summed E-state index contributed by atoms with van der Waals surface area (Å²) in [5.41, 5.74) is 6.61. The predicted molar refractivity (Wildman–Crippen MR) is 117 cm³/mol. The van der Waals surface area contributed by atoms with Crippen LogP contribution < -0.4 is 16.2 Å². The molecule has 0 aliphatic rings. The number of sulfonamides is 1. The lowest BCUT2D eigenvalue weighted by atomic mass is 9.89. The smallest absolute Gasteiger partial charge is 0.338 e. The highest BCUT2D eigenvalue weighted by Gasteiger charge is 2.47. The summed E-state index contributed by atoms with van der Waals surface area (Å²) >= 11 is 0. The molecule has 0 aliphatic carbocycles. The number of benzene rings is 2. The third-order valence-electron chi connectivity index (χ3n) is 4.97. The average Bonchev–Trinajstić information content (AvgIpc) is 2.71. The Balaban J connectivity index is 2.31. The molecule has 0 fully saturated rings. The van der Waals surface area contributed by atoms with Gasteiger partial charge in [-0.1, -0.05) is 50.2 Å². The van der Waals surface area contributed by atoms with Crippen molar-refractivity contribution in [3.63, 3.8) is 0 Å². The Morgan fingerprint density at radius 1 is 1.06 bits per heavy atom. The Labute approximate surface area is 190 Å². The van der Waals surface area contributed by atoms with E-state index in [1.165, 1.54) is 54.6 Å². The van der Waals surface area contributed by atoms with Gasteiger partial charge in [0.25, 0.3) is 0 Å². The molecule has 0 heterocycles. The van der Waals surface area contributed by atoms with Crippen LogP contribution in [0.2, 0.25) is 0 Å². The summed E-state index contributed by atoms with van der Waals surface area (Å²) in [6, 6.07) is 9.44. The maximum absolute atomic E-state index is 13.9. The summed E-state index contributed by atoms with van der Waals surface area (Å²) in [5, 5.41) is 16.6. The van der Waals surface area contributed by atoms with Crippen LogP contribution in [-0.2, 0) is 14.8 Å². The average molecular weight is 483 g/mol. The summed E-state index contributed by atoms with van der Waals surface area (Å²) in [7, 11) is -3.87. The molecule has 0 bridgehead atoms. The highest BCUT2D eigenvalue weighted by molar-refractivity contribution is 7.89.